The first-order valence-electron chi connectivity index (χ1n) is 9.99. The molecule has 0 aliphatic heterocycles. The molecular weight excluding hydrogens is 438 g/mol. The van der Waals surface area contributed by atoms with E-state index < -0.39 is 5.54 Å². The van der Waals surface area contributed by atoms with Gasteiger partial charge in [0.2, 0.25) is 5.91 Å². The zero-order valence-corrected chi connectivity index (χ0v) is 18.8. The minimum absolute atomic E-state index is 0.0169. The molecule has 31 heavy (non-hydrogen) atoms. The van der Waals surface area contributed by atoms with Gasteiger partial charge in [0.05, 0.1) is 17.6 Å². The molecule has 1 amide bonds. The molecule has 0 radical (unpaired) electrons. The highest BCUT2D eigenvalue weighted by Crippen LogP contribution is 2.42. The number of aromatic nitrogens is 2. The van der Waals surface area contributed by atoms with E-state index in [-0.39, 0.29) is 22.7 Å². The number of hydrogen-bond acceptors (Lipinski definition) is 7. The Morgan fingerprint density at radius 1 is 1.26 bits per heavy atom. The largest absolute Gasteiger partial charge is 0.469 e. The molecule has 0 saturated heterocycles. The molecule has 7 nitrogen and oxygen atoms in total. The Morgan fingerprint density at radius 3 is 2.77 bits per heavy atom. The van der Waals surface area contributed by atoms with E-state index in [9.17, 15) is 9.59 Å². The molecule has 2 aromatic heterocycles. The van der Waals surface area contributed by atoms with Gasteiger partial charge in [-0.05, 0) is 38.3 Å². The second-order valence-corrected chi connectivity index (χ2v) is 8.81. The Kier molecular flexibility index (Phi) is 6.20. The minimum atomic E-state index is -1.05. The maximum atomic E-state index is 13.1. The summed E-state index contributed by atoms with van der Waals surface area (Å²) in [5.41, 5.74) is 0.341. The van der Waals surface area contributed by atoms with Crippen molar-refractivity contribution >= 4 is 35.1 Å². The molecule has 0 bridgehead atoms. The van der Waals surface area contributed by atoms with Crippen molar-refractivity contribution in [3.8, 4) is 11.5 Å². The standard InChI is InChI=1S/C22H22ClN3O4S/c1-14-15(10-12-29-14)20-24-25-21(30-20)31-13-19(28)26(2)22(11-6-5-9-18(22)27)16-7-3-4-8-17(16)23/h3-4,7-8,10,12H,5-6,9,11,13H2,1-2H3/t22-/m0/s1. The van der Waals surface area contributed by atoms with Crippen LogP contribution >= 0.6 is 23.4 Å². The summed E-state index contributed by atoms with van der Waals surface area (Å²) in [5.74, 6) is 0.878. The van der Waals surface area contributed by atoms with Crippen molar-refractivity contribution in [3.63, 3.8) is 0 Å². The number of carbonyl (C=O) groups excluding carboxylic acids is 2. The maximum Gasteiger partial charge on any atom is 0.277 e. The number of aryl methyl sites for hydroxylation is 1. The summed E-state index contributed by atoms with van der Waals surface area (Å²) in [6.45, 7) is 1.81. The predicted octanol–water partition coefficient (Wildman–Crippen LogP) is 4.88. The van der Waals surface area contributed by atoms with E-state index in [1.54, 1.807) is 37.3 Å². The van der Waals surface area contributed by atoms with Crippen LogP contribution in [-0.2, 0) is 15.1 Å². The van der Waals surface area contributed by atoms with Gasteiger partial charge in [-0.3, -0.25) is 9.59 Å². The van der Waals surface area contributed by atoms with Gasteiger partial charge in [-0.2, -0.15) is 0 Å². The van der Waals surface area contributed by atoms with Gasteiger partial charge in [0.15, 0.2) is 5.78 Å². The molecule has 1 aliphatic rings. The number of likely N-dealkylation sites (N-methyl/N-ethyl adjacent to an activating group) is 1. The molecule has 3 aromatic rings. The van der Waals surface area contributed by atoms with Crippen LogP contribution in [0.5, 0.6) is 0 Å². The van der Waals surface area contributed by atoms with Crippen molar-refractivity contribution in [2.45, 2.75) is 43.4 Å². The molecule has 1 aliphatic carbocycles. The Balaban J connectivity index is 1.53. The average molecular weight is 460 g/mol. The van der Waals surface area contributed by atoms with Crippen LogP contribution in [0.4, 0.5) is 0 Å². The number of hydrogen-bond donors (Lipinski definition) is 0. The summed E-state index contributed by atoms with van der Waals surface area (Å²) >= 11 is 7.60. The quantitative estimate of drug-likeness (QED) is 0.485. The molecule has 2 heterocycles. The van der Waals surface area contributed by atoms with E-state index in [0.717, 1.165) is 24.6 Å². The Hall–Kier alpha value is -2.58. The summed E-state index contributed by atoms with van der Waals surface area (Å²) in [5, 5.41) is 8.80. The lowest BCUT2D eigenvalue weighted by Crippen LogP contribution is -2.54. The first-order chi connectivity index (χ1) is 14.9. The lowest BCUT2D eigenvalue weighted by Gasteiger charge is -2.44. The molecule has 1 saturated carbocycles. The van der Waals surface area contributed by atoms with Crippen LogP contribution in [0, 0.1) is 6.92 Å². The SMILES string of the molecule is Cc1occc1-c1nnc(SCC(=O)N(C)[C@]2(c3ccccc3Cl)CCCCC2=O)o1. The van der Waals surface area contributed by atoms with Crippen molar-refractivity contribution in [1.29, 1.82) is 0 Å². The molecule has 1 atom stereocenters. The van der Waals surface area contributed by atoms with Gasteiger partial charge in [0.1, 0.15) is 11.3 Å². The smallest absolute Gasteiger partial charge is 0.277 e. The van der Waals surface area contributed by atoms with Crippen LogP contribution in [-0.4, -0.2) is 39.6 Å². The van der Waals surface area contributed by atoms with E-state index in [0.29, 0.717) is 40.6 Å². The van der Waals surface area contributed by atoms with Crippen LogP contribution in [0.3, 0.4) is 0 Å². The summed E-state index contributed by atoms with van der Waals surface area (Å²) in [6.07, 6.45) is 4.19. The zero-order valence-electron chi connectivity index (χ0n) is 17.3. The monoisotopic (exact) mass is 459 g/mol. The number of benzene rings is 1. The van der Waals surface area contributed by atoms with E-state index in [4.69, 9.17) is 20.4 Å². The lowest BCUT2D eigenvalue weighted by atomic mass is 9.74. The highest BCUT2D eigenvalue weighted by atomic mass is 35.5. The fraction of sp³-hybridized carbons (Fsp3) is 0.364. The van der Waals surface area contributed by atoms with Gasteiger partial charge in [-0.1, -0.05) is 41.6 Å². The second-order valence-electron chi connectivity index (χ2n) is 7.48. The van der Waals surface area contributed by atoms with Crippen LogP contribution in [0.25, 0.3) is 11.5 Å². The van der Waals surface area contributed by atoms with Gasteiger partial charge in [-0.25, -0.2) is 0 Å². The normalized spacial score (nSPS) is 18.9. The molecule has 1 aromatic carbocycles. The topological polar surface area (TPSA) is 89.4 Å². The summed E-state index contributed by atoms with van der Waals surface area (Å²) < 4.78 is 10.9. The number of carbonyl (C=O) groups is 2. The highest BCUT2D eigenvalue weighted by molar-refractivity contribution is 7.99. The zero-order chi connectivity index (χ0) is 22.0. The average Bonchev–Trinajstić information content (AvgIpc) is 3.41. The second kappa shape index (κ2) is 8.88. The van der Waals surface area contributed by atoms with E-state index >= 15 is 0 Å². The first-order valence-corrected chi connectivity index (χ1v) is 11.4. The fourth-order valence-electron chi connectivity index (χ4n) is 4.05. The number of nitrogens with zero attached hydrogens (tertiary/aromatic N) is 3. The molecule has 9 heteroatoms. The van der Waals surface area contributed by atoms with Crippen molar-refractivity contribution < 1.29 is 18.4 Å². The molecule has 4 rings (SSSR count). The van der Waals surface area contributed by atoms with Gasteiger partial charge < -0.3 is 13.7 Å². The van der Waals surface area contributed by atoms with Crippen molar-refractivity contribution in [2.24, 2.45) is 0 Å². The van der Waals surface area contributed by atoms with Crippen LogP contribution in [0.15, 0.2) is 50.7 Å². The molecule has 0 spiro atoms. The Bertz CT molecular complexity index is 1110. The van der Waals surface area contributed by atoms with Crippen LogP contribution < -0.4 is 0 Å². The Morgan fingerprint density at radius 2 is 2.06 bits per heavy atom. The fourth-order valence-corrected chi connectivity index (χ4v) is 5.02. The van der Waals surface area contributed by atoms with Crippen molar-refractivity contribution in [1.82, 2.24) is 15.1 Å². The van der Waals surface area contributed by atoms with Gasteiger partial charge >= 0.3 is 0 Å². The number of rotatable bonds is 6. The van der Waals surface area contributed by atoms with E-state index in [1.165, 1.54) is 0 Å². The highest BCUT2D eigenvalue weighted by Gasteiger charge is 2.47. The van der Waals surface area contributed by atoms with Crippen LogP contribution in [0.1, 0.15) is 37.0 Å². The predicted molar refractivity (Wildman–Crippen MR) is 117 cm³/mol. The minimum Gasteiger partial charge on any atom is -0.469 e. The third-order valence-corrected chi connectivity index (χ3v) is 6.87. The summed E-state index contributed by atoms with van der Waals surface area (Å²) in [4.78, 5) is 27.8. The van der Waals surface area contributed by atoms with Crippen LogP contribution in [0.2, 0.25) is 5.02 Å². The van der Waals surface area contributed by atoms with Gasteiger partial charge in [0.25, 0.3) is 11.1 Å². The third kappa shape index (κ3) is 4.02. The first kappa shape index (κ1) is 21.6. The van der Waals surface area contributed by atoms with Gasteiger partial charge in [0, 0.05) is 24.1 Å². The van der Waals surface area contributed by atoms with E-state index in [1.807, 2.05) is 18.2 Å². The van der Waals surface area contributed by atoms with Crippen molar-refractivity contribution in [3.05, 3.63) is 52.9 Å². The van der Waals surface area contributed by atoms with Crippen molar-refractivity contribution in [2.75, 3.05) is 12.8 Å². The molecular formula is C22H22ClN3O4S. The Labute approximate surface area is 189 Å². The van der Waals surface area contributed by atoms with Gasteiger partial charge in [-0.15, -0.1) is 10.2 Å². The number of halogens is 1. The number of ketones is 1. The molecule has 0 N–H and O–H groups in total. The number of amides is 1. The summed E-state index contributed by atoms with van der Waals surface area (Å²) in [6, 6.07) is 9.00. The summed E-state index contributed by atoms with van der Waals surface area (Å²) in [7, 11) is 1.67. The maximum absolute atomic E-state index is 13.1. The molecule has 0 unspecified atom stereocenters. The van der Waals surface area contributed by atoms with E-state index in [2.05, 4.69) is 10.2 Å². The number of thioether (sulfide) groups is 1. The molecule has 1 fully saturated rings. The number of Topliss-reactive ketones (excluding diaryl/α,β-unsaturated/α-hetero) is 1. The molecule has 162 valence electrons. The number of furan rings is 1. The lowest BCUT2D eigenvalue weighted by molar-refractivity contribution is -0.146. The third-order valence-electron chi connectivity index (χ3n) is 5.73.